The van der Waals surface area contributed by atoms with Gasteiger partial charge in [0.05, 0.1) is 17.1 Å². The first-order valence-electron chi connectivity index (χ1n) is 10.3. The van der Waals surface area contributed by atoms with Crippen molar-refractivity contribution in [1.82, 2.24) is 24.9 Å². The van der Waals surface area contributed by atoms with Gasteiger partial charge in [0, 0.05) is 18.0 Å². The van der Waals surface area contributed by atoms with Gasteiger partial charge < -0.3 is 19.8 Å². The third-order valence-electron chi connectivity index (χ3n) is 5.37. The Labute approximate surface area is 184 Å². The van der Waals surface area contributed by atoms with Crippen LogP contribution in [-0.4, -0.2) is 38.1 Å². The first-order chi connectivity index (χ1) is 15.6. The molecular formula is C23H21N7O2. The van der Waals surface area contributed by atoms with Gasteiger partial charge in [-0.3, -0.25) is 0 Å². The summed E-state index contributed by atoms with van der Waals surface area (Å²) in [5, 5.41) is 13.4. The number of aromatic nitrogens is 5. The van der Waals surface area contributed by atoms with Gasteiger partial charge >= 0.3 is 0 Å². The smallest absolute Gasteiger partial charge is 0.232 e. The number of nitrogens with one attached hydrogen (secondary N) is 2. The summed E-state index contributed by atoms with van der Waals surface area (Å²) >= 11 is 0. The van der Waals surface area contributed by atoms with Gasteiger partial charge in [-0.05, 0) is 29.7 Å². The van der Waals surface area contributed by atoms with Gasteiger partial charge in [0.15, 0.2) is 11.5 Å². The van der Waals surface area contributed by atoms with Gasteiger partial charge in [-0.1, -0.05) is 19.9 Å². The molecule has 1 aliphatic heterocycles. The van der Waals surface area contributed by atoms with E-state index in [0.717, 1.165) is 39.5 Å². The fraction of sp³-hybridized carbons (Fsp3) is 0.261. The summed E-state index contributed by atoms with van der Waals surface area (Å²) in [5.41, 5.74) is 3.35. The number of ether oxygens (including phenoxy) is 2. The van der Waals surface area contributed by atoms with Gasteiger partial charge in [-0.15, -0.1) is 0 Å². The Bertz CT molecular complexity index is 1310. The van der Waals surface area contributed by atoms with E-state index in [4.69, 9.17) is 14.7 Å². The van der Waals surface area contributed by atoms with E-state index in [0.29, 0.717) is 18.9 Å². The van der Waals surface area contributed by atoms with Crippen LogP contribution in [0.3, 0.4) is 0 Å². The highest BCUT2D eigenvalue weighted by molar-refractivity contribution is 5.91. The van der Waals surface area contributed by atoms with Crippen LogP contribution < -0.4 is 14.8 Å². The van der Waals surface area contributed by atoms with Gasteiger partial charge in [0.1, 0.15) is 37.1 Å². The highest BCUT2D eigenvalue weighted by Gasteiger charge is 2.21. The Kier molecular flexibility index (Phi) is 5.03. The van der Waals surface area contributed by atoms with Crippen LogP contribution in [0.1, 0.15) is 31.3 Å². The molecule has 0 spiro atoms. The molecule has 0 saturated carbocycles. The largest absolute Gasteiger partial charge is 0.486 e. The summed E-state index contributed by atoms with van der Waals surface area (Å²) in [6.07, 6.45) is 4.76. The van der Waals surface area contributed by atoms with Crippen molar-refractivity contribution in [2.24, 2.45) is 5.92 Å². The predicted octanol–water partition coefficient (Wildman–Crippen LogP) is 3.87. The third-order valence-corrected chi connectivity index (χ3v) is 5.37. The molecule has 4 aromatic rings. The minimum absolute atomic E-state index is 0.000483. The minimum atomic E-state index is 0.000483. The van der Waals surface area contributed by atoms with E-state index in [1.807, 2.05) is 24.3 Å². The van der Waals surface area contributed by atoms with Crippen LogP contribution in [0.25, 0.3) is 22.3 Å². The fourth-order valence-corrected chi connectivity index (χ4v) is 3.77. The molecule has 2 N–H and O–H groups in total. The molecule has 0 bridgehead atoms. The molecule has 9 heteroatoms. The highest BCUT2D eigenvalue weighted by atomic mass is 16.6. The van der Waals surface area contributed by atoms with E-state index in [1.165, 1.54) is 6.33 Å². The lowest BCUT2D eigenvalue weighted by Gasteiger charge is -2.26. The van der Waals surface area contributed by atoms with Crippen molar-refractivity contribution in [2.45, 2.75) is 19.9 Å². The van der Waals surface area contributed by atoms with Crippen LogP contribution >= 0.6 is 0 Å². The highest BCUT2D eigenvalue weighted by Crippen LogP contribution is 2.36. The maximum atomic E-state index is 8.91. The Morgan fingerprint density at radius 1 is 1.03 bits per heavy atom. The number of rotatable bonds is 5. The molecule has 3 aromatic heterocycles. The second kappa shape index (κ2) is 8.15. The summed E-state index contributed by atoms with van der Waals surface area (Å²) in [6, 6.07) is 9.93. The molecule has 9 nitrogen and oxygen atoms in total. The van der Waals surface area contributed by atoms with Crippen LogP contribution in [0.15, 0.2) is 43.0 Å². The quantitative estimate of drug-likeness (QED) is 0.492. The Balaban J connectivity index is 1.49. The predicted molar refractivity (Wildman–Crippen MR) is 118 cm³/mol. The van der Waals surface area contributed by atoms with E-state index >= 15 is 0 Å². The molecule has 1 aromatic carbocycles. The molecular weight excluding hydrogens is 406 g/mol. The van der Waals surface area contributed by atoms with Crippen LogP contribution in [0.4, 0.5) is 5.82 Å². The normalized spacial score (nSPS) is 13.7. The molecule has 160 valence electrons. The number of anilines is 1. The van der Waals surface area contributed by atoms with Crippen LogP contribution in [-0.2, 0) is 0 Å². The molecule has 0 unspecified atom stereocenters. The number of hydrogen-bond donors (Lipinski definition) is 2. The first-order valence-corrected chi connectivity index (χ1v) is 10.3. The number of nitrogens with zero attached hydrogens (tertiary/aromatic N) is 5. The van der Waals surface area contributed by atoms with Crippen molar-refractivity contribution in [3.63, 3.8) is 0 Å². The van der Waals surface area contributed by atoms with E-state index in [1.54, 1.807) is 12.4 Å². The molecule has 0 amide bonds. The summed E-state index contributed by atoms with van der Waals surface area (Å²) in [6.45, 7) is 5.43. The molecule has 4 heterocycles. The van der Waals surface area contributed by atoms with E-state index in [-0.39, 0.29) is 17.8 Å². The van der Waals surface area contributed by atoms with E-state index < -0.39 is 0 Å². The molecule has 0 saturated heterocycles. The first kappa shape index (κ1) is 19.8. The number of benzene rings is 1. The van der Waals surface area contributed by atoms with Gasteiger partial charge in [0.2, 0.25) is 5.82 Å². The lowest BCUT2D eigenvalue weighted by molar-refractivity contribution is 0.171. The lowest BCUT2D eigenvalue weighted by Crippen LogP contribution is -2.19. The number of hydrogen-bond acceptors (Lipinski definition) is 8. The van der Waals surface area contributed by atoms with E-state index in [9.17, 15) is 0 Å². The second-order valence-corrected chi connectivity index (χ2v) is 7.84. The number of aromatic amines is 1. The number of fused-ring (bicyclic) bond motifs is 2. The average molecular weight is 427 g/mol. The second-order valence-electron chi connectivity index (χ2n) is 7.84. The van der Waals surface area contributed by atoms with Crippen molar-refractivity contribution in [3.05, 3.63) is 54.4 Å². The van der Waals surface area contributed by atoms with Crippen molar-refractivity contribution < 1.29 is 9.47 Å². The molecule has 0 radical (unpaired) electrons. The maximum Gasteiger partial charge on any atom is 0.232 e. The third kappa shape index (κ3) is 3.67. The molecule has 32 heavy (non-hydrogen) atoms. The lowest BCUT2D eigenvalue weighted by atomic mass is 9.95. The standard InChI is InChI=1S/C23H21N7O2/c1-13(2)21(14-3-4-18-19(7-14)32-6-5-31-18)30-23-16-8-17(29-22(16)27-12-28-23)15-10-25-20(9-24)26-11-15/h3-4,7-8,10-13,21H,5-6H2,1-2H3,(H2,27,28,29,30)/t21-/m1/s1. The molecule has 0 fully saturated rings. The van der Waals surface area contributed by atoms with Crippen LogP contribution in [0.2, 0.25) is 0 Å². The Hall–Kier alpha value is -4.19. The van der Waals surface area contributed by atoms with Crippen LogP contribution in [0.5, 0.6) is 11.5 Å². The molecule has 1 atom stereocenters. The molecule has 1 aliphatic rings. The summed E-state index contributed by atoms with van der Waals surface area (Å²) in [5.74, 6) is 2.67. The minimum Gasteiger partial charge on any atom is -0.486 e. The van der Waals surface area contributed by atoms with Crippen molar-refractivity contribution >= 4 is 16.9 Å². The number of nitriles is 1. The van der Waals surface area contributed by atoms with E-state index in [2.05, 4.69) is 50.2 Å². The topological polar surface area (TPSA) is 122 Å². The van der Waals surface area contributed by atoms with Gasteiger partial charge in [-0.25, -0.2) is 19.9 Å². The van der Waals surface area contributed by atoms with Crippen molar-refractivity contribution in [1.29, 1.82) is 5.26 Å². The fourth-order valence-electron chi connectivity index (χ4n) is 3.77. The average Bonchev–Trinajstić information content (AvgIpc) is 3.27. The SMILES string of the molecule is CC(C)[C@@H](Nc1ncnc2[nH]c(-c3cnc(C#N)nc3)cc12)c1ccc2c(c1)OCCO2. The maximum absolute atomic E-state index is 8.91. The van der Waals surface area contributed by atoms with Gasteiger partial charge in [0.25, 0.3) is 0 Å². The zero-order valence-electron chi connectivity index (χ0n) is 17.7. The Morgan fingerprint density at radius 3 is 2.56 bits per heavy atom. The van der Waals surface area contributed by atoms with Crippen molar-refractivity contribution in [3.8, 4) is 28.8 Å². The monoisotopic (exact) mass is 427 g/mol. The Morgan fingerprint density at radius 2 is 1.81 bits per heavy atom. The molecule has 0 aliphatic carbocycles. The zero-order chi connectivity index (χ0) is 22.1. The summed E-state index contributed by atoms with van der Waals surface area (Å²) < 4.78 is 11.4. The zero-order valence-corrected chi connectivity index (χ0v) is 17.7. The van der Waals surface area contributed by atoms with Crippen molar-refractivity contribution in [2.75, 3.05) is 18.5 Å². The van der Waals surface area contributed by atoms with Crippen LogP contribution in [0, 0.1) is 17.2 Å². The summed E-state index contributed by atoms with van der Waals surface area (Å²) in [7, 11) is 0. The molecule has 5 rings (SSSR count). The number of H-pyrrole nitrogens is 1. The summed E-state index contributed by atoms with van der Waals surface area (Å²) in [4.78, 5) is 20.2. The van der Waals surface area contributed by atoms with Gasteiger partial charge in [-0.2, -0.15) is 5.26 Å².